The summed E-state index contributed by atoms with van der Waals surface area (Å²) in [5.41, 5.74) is 1.31. The third-order valence-corrected chi connectivity index (χ3v) is 5.59. The van der Waals surface area contributed by atoms with Crippen molar-refractivity contribution < 1.29 is 9.59 Å². The molecule has 0 saturated heterocycles. The molecule has 29 heavy (non-hydrogen) atoms. The number of rotatable bonds is 7. The monoisotopic (exact) mass is 473 g/mol. The van der Waals surface area contributed by atoms with Gasteiger partial charge < -0.3 is 15.2 Å². The summed E-state index contributed by atoms with van der Waals surface area (Å²) < 4.78 is 2.68. The van der Waals surface area contributed by atoms with Gasteiger partial charge in [-0.3, -0.25) is 9.59 Å². The van der Waals surface area contributed by atoms with E-state index in [0.29, 0.717) is 16.5 Å². The Hall–Kier alpha value is -2.65. The number of anilines is 1. The van der Waals surface area contributed by atoms with Crippen LogP contribution < -0.4 is 10.6 Å². The van der Waals surface area contributed by atoms with E-state index in [4.69, 9.17) is 0 Å². The van der Waals surface area contributed by atoms with Crippen LogP contribution in [-0.2, 0) is 11.8 Å². The zero-order valence-corrected chi connectivity index (χ0v) is 18.3. The summed E-state index contributed by atoms with van der Waals surface area (Å²) in [6.07, 6.45) is 0. The van der Waals surface area contributed by atoms with E-state index in [0.717, 1.165) is 10.2 Å². The Morgan fingerprint density at radius 1 is 1.14 bits per heavy atom. The number of aromatic nitrogens is 3. The molecule has 2 amide bonds. The van der Waals surface area contributed by atoms with E-state index in [9.17, 15) is 9.59 Å². The van der Waals surface area contributed by atoms with E-state index in [-0.39, 0.29) is 23.6 Å². The molecule has 1 aromatic heterocycles. The molecule has 0 aliphatic heterocycles. The van der Waals surface area contributed by atoms with Crippen LogP contribution in [0.3, 0.4) is 0 Å². The quantitative estimate of drug-likeness (QED) is 0.509. The topological polar surface area (TPSA) is 88.9 Å². The second-order valence-corrected chi connectivity index (χ2v) is 8.17. The summed E-state index contributed by atoms with van der Waals surface area (Å²) in [6, 6.07) is 16.1. The molecule has 3 aromatic rings. The first-order valence-electron chi connectivity index (χ1n) is 8.87. The normalized spacial score (nSPS) is 11.7. The van der Waals surface area contributed by atoms with E-state index < -0.39 is 0 Å². The number of benzene rings is 2. The minimum absolute atomic E-state index is 0.136. The van der Waals surface area contributed by atoms with Crippen molar-refractivity contribution in [3.8, 4) is 0 Å². The molecular weight excluding hydrogens is 454 g/mol. The molecule has 0 unspecified atom stereocenters. The first-order valence-corrected chi connectivity index (χ1v) is 10.7. The van der Waals surface area contributed by atoms with Crippen LogP contribution in [0.1, 0.15) is 29.1 Å². The highest BCUT2D eigenvalue weighted by Gasteiger charge is 2.19. The molecule has 1 atom stereocenters. The highest BCUT2D eigenvalue weighted by atomic mass is 79.9. The van der Waals surface area contributed by atoms with Crippen LogP contribution in [0.25, 0.3) is 0 Å². The lowest BCUT2D eigenvalue weighted by atomic mass is 10.2. The minimum Gasteiger partial charge on any atom is -0.342 e. The Kier molecular flexibility index (Phi) is 7.05. The van der Waals surface area contributed by atoms with Gasteiger partial charge in [-0.05, 0) is 37.3 Å². The molecule has 1 heterocycles. The summed E-state index contributed by atoms with van der Waals surface area (Å²) >= 11 is 4.66. The number of thioether (sulfide) groups is 1. The van der Waals surface area contributed by atoms with Crippen molar-refractivity contribution in [1.29, 1.82) is 0 Å². The summed E-state index contributed by atoms with van der Waals surface area (Å²) in [7, 11) is 1.81. The number of hydrogen-bond donors (Lipinski definition) is 2. The van der Waals surface area contributed by atoms with Gasteiger partial charge in [0.2, 0.25) is 5.91 Å². The maximum Gasteiger partial charge on any atom is 0.251 e. The molecule has 0 radical (unpaired) electrons. The highest BCUT2D eigenvalue weighted by molar-refractivity contribution is 9.10. The van der Waals surface area contributed by atoms with Crippen LogP contribution in [0.2, 0.25) is 0 Å². The number of hydrogen-bond acceptors (Lipinski definition) is 5. The Bertz CT molecular complexity index is 1010. The second-order valence-electron chi connectivity index (χ2n) is 6.31. The third kappa shape index (κ3) is 5.68. The second kappa shape index (κ2) is 9.71. The predicted octanol–water partition coefficient (Wildman–Crippen LogP) is 3.80. The van der Waals surface area contributed by atoms with Gasteiger partial charge in [0.1, 0.15) is 0 Å². The fourth-order valence-corrected chi connectivity index (χ4v) is 3.77. The first kappa shape index (κ1) is 21.1. The Morgan fingerprint density at radius 3 is 2.62 bits per heavy atom. The Morgan fingerprint density at radius 2 is 1.90 bits per heavy atom. The van der Waals surface area contributed by atoms with Crippen LogP contribution in [0.4, 0.5) is 5.69 Å². The van der Waals surface area contributed by atoms with Crippen molar-refractivity contribution in [2.45, 2.75) is 18.1 Å². The first-order chi connectivity index (χ1) is 13.9. The molecule has 0 aliphatic carbocycles. The predicted molar refractivity (Wildman–Crippen MR) is 117 cm³/mol. The molecule has 7 nitrogen and oxygen atoms in total. The molecule has 3 rings (SSSR count). The summed E-state index contributed by atoms with van der Waals surface area (Å²) in [5.74, 6) is 0.499. The number of amides is 2. The molecule has 0 bridgehead atoms. The number of halogens is 1. The van der Waals surface area contributed by atoms with Crippen molar-refractivity contribution in [3.05, 3.63) is 70.5 Å². The van der Waals surface area contributed by atoms with Crippen LogP contribution >= 0.6 is 27.7 Å². The number of carbonyl (C=O) groups is 2. The van der Waals surface area contributed by atoms with Gasteiger partial charge in [-0.2, -0.15) is 0 Å². The van der Waals surface area contributed by atoms with Gasteiger partial charge in [0, 0.05) is 22.8 Å². The van der Waals surface area contributed by atoms with Crippen LogP contribution in [-0.4, -0.2) is 32.3 Å². The third-order valence-electron chi connectivity index (χ3n) is 4.08. The Balaban J connectivity index is 1.57. The molecule has 2 N–H and O–H groups in total. The van der Waals surface area contributed by atoms with E-state index in [1.165, 1.54) is 11.8 Å². The zero-order chi connectivity index (χ0) is 20.8. The average molecular weight is 474 g/mol. The van der Waals surface area contributed by atoms with Gasteiger partial charge in [0.25, 0.3) is 5.91 Å². The van der Waals surface area contributed by atoms with Gasteiger partial charge in [-0.1, -0.05) is 52.0 Å². The fourth-order valence-electron chi connectivity index (χ4n) is 2.66. The largest absolute Gasteiger partial charge is 0.342 e. The van der Waals surface area contributed by atoms with Crippen molar-refractivity contribution in [3.63, 3.8) is 0 Å². The maximum atomic E-state index is 12.3. The molecule has 150 valence electrons. The van der Waals surface area contributed by atoms with Gasteiger partial charge in [-0.25, -0.2) is 0 Å². The van der Waals surface area contributed by atoms with Gasteiger partial charge in [0.05, 0.1) is 11.8 Å². The summed E-state index contributed by atoms with van der Waals surface area (Å²) in [4.78, 5) is 24.5. The van der Waals surface area contributed by atoms with E-state index in [1.807, 2.05) is 56.4 Å². The maximum absolute atomic E-state index is 12.3. The smallest absolute Gasteiger partial charge is 0.251 e. The van der Waals surface area contributed by atoms with E-state index >= 15 is 0 Å². The van der Waals surface area contributed by atoms with Gasteiger partial charge >= 0.3 is 0 Å². The van der Waals surface area contributed by atoms with Gasteiger partial charge in [-0.15, -0.1) is 10.2 Å². The van der Waals surface area contributed by atoms with Crippen LogP contribution in [0.5, 0.6) is 0 Å². The lowest BCUT2D eigenvalue weighted by Crippen LogP contribution is -2.28. The molecule has 0 fully saturated rings. The summed E-state index contributed by atoms with van der Waals surface area (Å²) in [5, 5.41) is 14.7. The fraction of sp³-hybridized carbons (Fsp3) is 0.200. The minimum atomic E-state index is -0.329. The number of carbonyl (C=O) groups excluding carboxylic acids is 2. The van der Waals surface area contributed by atoms with Crippen LogP contribution in [0.15, 0.2) is 64.2 Å². The highest BCUT2D eigenvalue weighted by Crippen LogP contribution is 2.20. The van der Waals surface area contributed by atoms with Crippen molar-refractivity contribution in [1.82, 2.24) is 20.1 Å². The zero-order valence-electron chi connectivity index (χ0n) is 15.9. The van der Waals surface area contributed by atoms with Crippen LogP contribution in [0, 0.1) is 0 Å². The lowest BCUT2D eigenvalue weighted by Gasteiger charge is -2.13. The summed E-state index contributed by atoms with van der Waals surface area (Å²) in [6.45, 7) is 1.85. The number of nitrogens with one attached hydrogen (secondary N) is 2. The van der Waals surface area contributed by atoms with Gasteiger partial charge in [0.15, 0.2) is 11.0 Å². The SMILES string of the molecule is C[C@@H](NC(=O)c1ccccc1)c1nnc(SCC(=O)Nc2cccc(Br)c2)n1C. The molecule has 2 aromatic carbocycles. The lowest BCUT2D eigenvalue weighted by molar-refractivity contribution is -0.113. The van der Waals surface area contributed by atoms with E-state index in [1.54, 1.807) is 16.7 Å². The molecular formula is C20H20BrN5O2S. The molecule has 0 saturated carbocycles. The molecule has 0 aliphatic rings. The number of nitrogens with zero attached hydrogens (tertiary/aromatic N) is 3. The van der Waals surface area contributed by atoms with Crippen molar-refractivity contribution in [2.75, 3.05) is 11.1 Å². The van der Waals surface area contributed by atoms with Crippen molar-refractivity contribution >= 4 is 45.2 Å². The Labute approximate surface area is 181 Å². The average Bonchev–Trinajstić information content (AvgIpc) is 3.07. The molecule has 0 spiro atoms. The van der Waals surface area contributed by atoms with E-state index in [2.05, 4.69) is 36.8 Å². The molecule has 9 heteroatoms. The van der Waals surface area contributed by atoms with Crippen molar-refractivity contribution in [2.24, 2.45) is 7.05 Å². The standard InChI is InChI=1S/C20H20BrN5O2S/c1-13(22-19(28)14-7-4-3-5-8-14)18-24-25-20(26(18)2)29-12-17(27)23-16-10-6-9-15(21)11-16/h3-11,13H,12H2,1-2H3,(H,22,28)(H,23,27)/t13-/m1/s1.